The molecule has 0 aliphatic carbocycles. The van der Waals surface area contributed by atoms with Crippen LogP contribution in [0.2, 0.25) is 0 Å². The summed E-state index contributed by atoms with van der Waals surface area (Å²) in [6.07, 6.45) is 3.56. The maximum atomic E-state index is 4.26. The van der Waals surface area contributed by atoms with Crippen LogP contribution < -0.4 is 0 Å². The summed E-state index contributed by atoms with van der Waals surface area (Å²) < 4.78 is 1.04. The van der Waals surface area contributed by atoms with Crippen LogP contribution in [0.25, 0.3) is 0 Å². The van der Waals surface area contributed by atoms with E-state index in [0.29, 0.717) is 0 Å². The highest BCUT2D eigenvalue weighted by Crippen LogP contribution is 2.21. The second-order valence-electron chi connectivity index (χ2n) is 3.65. The van der Waals surface area contributed by atoms with Crippen molar-refractivity contribution in [3.05, 3.63) is 58.8 Å². The number of pyridine rings is 1. The SMILES string of the molecule is CC(N=Nc1ccc(Br)cc1)c1cccnc1. The lowest BCUT2D eigenvalue weighted by Gasteiger charge is -2.03. The average Bonchev–Trinajstić information content (AvgIpc) is 2.39. The van der Waals surface area contributed by atoms with Gasteiger partial charge in [0.25, 0.3) is 0 Å². The minimum atomic E-state index is 0.0207. The van der Waals surface area contributed by atoms with Gasteiger partial charge in [-0.15, -0.1) is 0 Å². The molecule has 0 saturated carbocycles. The molecular weight excluding hydrogens is 278 g/mol. The van der Waals surface area contributed by atoms with Crippen molar-refractivity contribution >= 4 is 21.6 Å². The monoisotopic (exact) mass is 289 g/mol. The number of halogens is 1. The summed E-state index contributed by atoms with van der Waals surface area (Å²) in [4.78, 5) is 4.06. The van der Waals surface area contributed by atoms with Crippen molar-refractivity contribution in [2.24, 2.45) is 10.2 Å². The van der Waals surface area contributed by atoms with Crippen LogP contribution in [-0.4, -0.2) is 4.98 Å². The second-order valence-corrected chi connectivity index (χ2v) is 4.57. The topological polar surface area (TPSA) is 37.6 Å². The zero-order valence-corrected chi connectivity index (χ0v) is 11.0. The van der Waals surface area contributed by atoms with Crippen LogP contribution in [0.5, 0.6) is 0 Å². The van der Waals surface area contributed by atoms with E-state index < -0.39 is 0 Å². The van der Waals surface area contributed by atoms with Gasteiger partial charge in [-0.3, -0.25) is 4.98 Å². The Morgan fingerprint density at radius 3 is 2.59 bits per heavy atom. The Morgan fingerprint density at radius 1 is 1.18 bits per heavy atom. The third-order valence-corrected chi connectivity index (χ3v) is 2.87. The van der Waals surface area contributed by atoms with Gasteiger partial charge in [0, 0.05) is 16.9 Å². The minimum absolute atomic E-state index is 0.0207. The molecule has 86 valence electrons. The fourth-order valence-electron chi connectivity index (χ4n) is 1.35. The molecule has 0 bridgehead atoms. The molecule has 2 aromatic rings. The Hall–Kier alpha value is -1.55. The highest BCUT2D eigenvalue weighted by Gasteiger charge is 2.02. The highest BCUT2D eigenvalue weighted by atomic mass is 79.9. The summed E-state index contributed by atoms with van der Waals surface area (Å²) in [5.41, 5.74) is 1.91. The van der Waals surface area contributed by atoms with Gasteiger partial charge in [0.2, 0.25) is 0 Å². The smallest absolute Gasteiger partial charge is 0.0948 e. The fraction of sp³-hybridized carbons (Fsp3) is 0.154. The van der Waals surface area contributed by atoms with E-state index in [1.807, 2.05) is 49.5 Å². The lowest BCUT2D eigenvalue weighted by Crippen LogP contribution is -1.88. The van der Waals surface area contributed by atoms with Crippen molar-refractivity contribution in [2.45, 2.75) is 13.0 Å². The first-order chi connectivity index (χ1) is 8.25. The molecule has 0 spiro atoms. The molecule has 1 unspecified atom stereocenters. The van der Waals surface area contributed by atoms with E-state index in [0.717, 1.165) is 15.7 Å². The van der Waals surface area contributed by atoms with Gasteiger partial charge in [-0.2, -0.15) is 10.2 Å². The second kappa shape index (κ2) is 5.68. The normalized spacial score (nSPS) is 12.8. The van der Waals surface area contributed by atoms with Crippen LogP contribution in [0, 0.1) is 0 Å². The predicted molar refractivity (Wildman–Crippen MR) is 71.3 cm³/mol. The molecule has 0 fully saturated rings. The number of hydrogen-bond donors (Lipinski definition) is 0. The van der Waals surface area contributed by atoms with E-state index in [9.17, 15) is 0 Å². The number of nitrogens with zero attached hydrogens (tertiary/aromatic N) is 3. The van der Waals surface area contributed by atoms with E-state index in [4.69, 9.17) is 0 Å². The van der Waals surface area contributed by atoms with Crippen LogP contribution in [0.3, 0.4) is 0 Å². The van der Waals surface area contributed by atoms with Gasteiger partial charge in [0.15, 0.2) is 0 Å². The van der Waals surface area contributed by atoms with E-state index in [1.165, 1.54) is 0 Å². The standard InChI is InChI=1S/C13H12BrN3/c1-10(11-3-2-8-15-9-11)16-17-13-6-4-12(14)5-7-13/h2-10H,1H3. The molecule has 0 radical (unpaired) electrons. The molecule has 1 atom stereocenters. The molecule has 1 aromatic heterocycles. The van der Waals surface area contributed by atoms with Crippen molar-refractivity contribution in [3.63, 3.8) is 0 Å². The number of benzene rings is 1. The van der Waals surface area contributed by atoms with Gasteiger partial charge in [-0.25, -0.2) is 0 Å². The van der Waals surface area contributed by atoms with Gasteiger partial charge in [0.1, 0.15) is 0 Å². The first kappa shape index (κ1) is 11.9. The van der Waals surface area contributed by atoms with Crippen LogP contribution in [0.15, 0.2) is 63.5 Å². The Bertz CT molecular complexity index is 494. The Morgan fingerprint density at radius 2 is 1.94 bits per heavy atom. The molecular formula is C13H12BrN3. The zero-order valence-electron chi connectivity index (χ0n) is 9.42. The summed E-state index contributed by atoms with van der Waals surface area (Å²) >= 11 is 3.38. The van der Waals surface area contributed by atoms with Gasteiger partial charge < -0.3 is 0 Å². The van der Waals surface area contributed by atoms with Crippen LogP contribution in [-0.2, 0) is 0 Å². The first-order valence-corrected chi connectivity index (χ1v) is 6.11. The predicted octanol–water partition coefficient (Wildman–Crippen LogP) is 4.69. The summed E-state index contributed by atoms with van der Waals surface area (Å²) in [7, 11) is 0. The van der Waals surface area contributed by atoms with E-state index in [1.54, 1.807) is 6.20 Å². The highest BCUT2D eigenvalue weighted by molar-refractivity contribution is 9.10. The quantitative estimate of drug-likeness (QED) is 0.756. The van der Waals surface area contributed by atoms with E-state index in [2.05, 4.69) is 31.1 Å². The van der Waals surface area contributed by atoms with Crippen LogP contribution in [0.4, 0.5) is 5.69 Å². The zero-order chi connectivity index (χ0) is 12.1. The summed E-state index contributed by atoms with van der Waals surface area (Å²) in [6, 6.07) is 11.7. The minimum Gasteiger partial charge on any atom is -0.264 e. The van der Waals surface area contributed by atoms with Gasteiger partial charge in [0.05, 0.1) is 11.7 Å². The van der Waals surface area contributed by atoms with Crippen molar-refractivity contribution in [1.82, 2.24) is 4.98 Å². The molecule has 1 heterocycles. The molecule has 0 amide bonds. The number of aromatic nitrogens is 1. The lowest BCUT2D eigenvalue weighted by molar-refractivity contribution is 0.759. The van der Waals surface area contributed by atoms with Crippen molar-refractivity contribution in [3.8, 4) is 0 Å². The van der Waals surface area contributed by atoms with Crippen molar-refractivity contribution < 1.29 is 0 Å². The molecule has 4 heteroatoms. The molecule has 3 nitrogen and oxygen atoms in total. The lowest BCUT2D eigenvalue weighted by atomic mass is 10.2. The maximum Gasteiger partial charge on any atom is 0.0948 e. The average molecular weight is 290 g/mol. The number of hydrogen-bond acceptors (Lipinski definition) is 3. The molecule has 0 saturated heterocycles. The van der Waals surface area contributed by atoms with E-state index in [-0.39, 0.29) is 6.04 Å². The molecule has 0 N–H and O–H groups in total. The van der Waals surface area contributed by atoms with Crippen molar-refractivity contribution in [1.29, 1.82) is 0 Å². The van der Waals surface area contributed by atoms with E-state index >= 15 is 0 Å². The Balaban J connectivity index is 2.08. The molecule has 1 aromatic carbocycles. The maximum absolute atomic E-state index is 4.26. The summed E-state index contributed by atoms with van der Waals surface area (Å²) in [5.74, 6) is 0. The van der Waals surface area contributed by atoms with Crippen molar-refractivity contribution in [2.75, 3.05) is 0 Å². The van der Waals surface area contributed by atoms with Crippen LogP contribution in [0.1, 0.15) is 18.5 Å². The van der Waals surface area contributed by atoms with Gasteiger partial charge in [-0.05, 0) is 42.8 Å². The summed E-state index contributed by atoms with van der Waals surface area (Å²) in [5, 5.41) is 8.46. The molecule has 2 rings (SSSR count). The molecule has 0 aliphatic heterocycles. The molecule has 17 heavy (non-hydrogen) atoms. The Labute approximate surface area is 109 Å². The summed E-state index contributed by atoms with van der Waals surface area (Å²) in [6.45, 7) is 2.00. The number of rotatable bonds is 3. The number of azo groups is 1. The third kappa shape index (κ3) is 3.46. The fourth-order valence-corrected chi connectivity index (χ4v) is 1.62. The molecule has 0 aliphatic rings. The first-order valence-electron chi connectivity index (χ1n) is 5.32. The largest absolute Gasteiger partial charge is 0.264 e. The third-order valence-electron chi connectivity index (χ3n) is 2.34. The van der Waals surface area contributed by atoms with Gasteiger partial charge >= 0.3 is 0 Å². The van der Waals surface area contributed by atoms with Crippen LogP contribution >= 0.6 is 15.9 Å². The van der Waals surface area contributed by atoms with Gasteiger partial charge in [-0.1, -0.05) is 22.0 Å². The Kier molecular flexibility index (Phi) is 3.98.